The van der Waals surface area contributed by atoms with Crippen molar-refractivity contribution in [2.24, 2.45) is 11.8 Å². The number of aromatic nitrogens is 1. The molecule has 0 spiro atoms. The van der Waals surface area contributed by atoms with Gasteiger partial charge in [-0.25, -0.2) is 0 Å². The zero-order chi connectivity index (χ0) is 23.8. The fraction of sp³-hybridized carbons (Fsp3) is 0.571. The summed E-state index contributed by atoms with van der Waals surface area (Å²) in [5.41, 5.74) is 2.39. The molecule has 33 heavy (non-hydrogen) atoms. The van der Waals surface area contributed by atoms with Crippen molar-refractivity contribution < 1.29 is 14.0 Å². The van der Waals surface area contributed by atoms with Gasteiger partial charge in [0.25, 0.3) is 0 Å². The highest BCUT2D eigenvalue weighted by Gasteiger charge is 2.52. The van der Waals surface area contributed by atoms with Crippen LogP contribution in [-0.4, -0.2) is 29.9 Å². The van der Waals surface area contributed by atoms with Gasteiger partial charge < -0.3 is 19.0 Å². The van der Waals surface area contributed by atoms with Gasteiger partial charge in [-0.3, -0.25) is 0 Å². The van der Waals surface area contributed by atoms with E-state index in [0.717, 1.165) is 34.6 Å². The number of rotatable bonds is 9. The minimum Gasteiger partial charge on any atom is -0.494 e. The van der Waals surface area contributed by atoms with Gasteiger partial charge in [-0.1, -0.05) is 58.2 Å². The van der Waals surface area contributed by atoms with Gasteiger partial charge in [-0.2, -0.15) is 0 Å². The summed E-state index contributed by atoms with van der Waals surface area (Å²) in [7, 11) is -0.452. The molecule has 1 aromatic heterocycles. The van der Waals surface area contributed by atoms with Crippen molar-refractivity contribution in [3.05, 3.63) is 36.4 Å². The molecule has 0 saturated carbocycles. The molecule has 1 atom stereocenters. The van der Waals surface area contributed by atoms with Crippen LogP contribution in [0.4, 0.5) is 0 Å². The van der Waals surface area contributed by atoms with Gasteiger partial charge in [0.2, 0.25) is 0 Å². The number of hydrogen-bond donors (Lipinski definition) is 1. The first-order valence-electron chi connectivity index (χ1n) is 12.6. The van der Waals surface area contributed by atoms with Crippen molar-refractivity contribution >= 4 is 34.4 Å². The van der Waals surface area contributed by atoms with Crippen LogP contribution < -0.4 is 10.2 Å². The second kappa shape index (κ2) is 9.35. The SMILES string of the molecule is CC(C)CCCC(C)CCOc1cc2[nH]c3ccccc3c2cc1B1OC(C)(C)C(C)(C)O1. The maximum atomic E-state index is 6.42. The number of ether oxygens (including phenoxy) is 1. The van der Waals surface area contributed by atoms with E-state index in [-0.39, 0.29) is 0 Å². The molecule has 1 unspecified atom stereocenters. The predicted molar refractivity (Wildman–Crippen MR) is 139 cm³/mol. The predicted octanol–water partition coefficient (Wildman–Crippen LogP) is 6.85. The second-order valence-electron chi connectivity index (χ2n) is 11.3. The highest BCUT2D eigenvalue weighted by Crippen LogP contribution is 2.38. The minimum absolute atomic E-state index is 0.394. The average molecular weight is 449 g/mol. The first-order valence-corrected chi connectivity index (χ1v) is 12.6. The lowest BCUT2D eigenvalue weighted by molar-refractivity contribution is 0.00578. The van der Waals surface area contributed by atoms with Crippen molar-refractivity contribution in [2.75, 3.05) is 6.61 Å². The number of aromatic amines is 1. The zero-order valence-electron chi connectivity index (χ0n) is 21.5. The lowest BCUT2D eigenvalue weighted by atomic mass is 9.77. The van der Waals surface area contributed by atoms with Crippen LogP contribution in [0.25, 0.3) is 21.8 Å². The number of para-hydroxylation sites is 1. The molecule has 4 nitrogen and oxygen atoms in total. The molecular formula is C28H40BNO3. The van der Waals surface area contributed by atoms with Crippen LogP contribution in [0.3, 0.4) is 0 Å². The van der Waals surface area contributed by atoms with E-state index in [2.05, 4.69) is 89.8 Å². The Morgan fingerprint density at radius 3 is 2.27 bits per heavy atom. The topological polar surface area (TPSA) is 43.5 Å². The summed E-state index contributed by atoms with van der Waals surface area (Å²) in [6, 6.07) is 12.7. The quantitative estimate of drug-likeness (QED) is 0.363. The Morgan fingerprint density at radius 1 is 0.879 bits per heavy atom. The fourth-order valence-electron chi connectivity index (χ4n) is 4.56. The molecule has 1 fully saturated rings. The van der Waals surface area contributed by atoms with Crippen molar-refractivity contribution in [1.29, 1.82) is 0 Å². The van der Waals surface area contributed by atoms with E-state index < -0.39 is 18.3 Å². The molecule has 1 aliphatic rings. The third kappa shape index (κ3) is 5.10. The Bertz CT molecular complexity index is 1090. The molecule has 0 radical (unpaired) electrons. The van der Waals surface area contributed by atoms with E-state index >= 15 is 0 Å². The van der Waals surface area contributed by atoms with Crippen LogP contribution in [0.1, 0.15) is 74.1 Å². The molecule has 1 aliphatic heterocycles. The molecule has 2 aromatic carbocycles. The van der Waals surface area contributed by atoms with Gasteiger partial charge in [0.05, 0.1) is 23.3 Å². The molecule has 4 rings (SSSR count). The Labute approximate surface area is 199 Å². The molecule has 2 heterocycles. The van der Waals surface area contributed by atoms with Crippen LogP contribution in [0.15, 0.2) is 36.4 Å². The molecule has 178 valence electrons. The van der Waals surface area contributed by atoms with E-state index in [1.165, 1.54) is 30.0 Å². The van der Waals surface area contributed by atoms with Gasteiger partial charge >= 0.3 is 7.12 Å². The summed E-state index contributed by atoms with van der Waals surface area (Å²) in [6.07, 6.45) is 4.89. The lowest BCUT2D eigenvalue weighted by Crippen LogP contribution is -2.41. The third-order valence-electron chi connectivity index (χ3n) is 7.49. The molecular weight excluding hydrogens is 409 g/mol. The highest BCUT2D eigenvalue weighted by molar-refractivity contribution is 6.63. The van der Waals surface area contributed by atoms with E-state index in [0.29, 0.717) is 12.5 Å². The first-order chi connectivity index (χ1) is 15.6. The Balaban J connectivity index is 1.59. The van der Waals surface area contributed by atoms with Gasteiger partial charge in [0.15, 0.2) is 0 Å². The summed E-state index contributed by atoms with van der Waals surface area (Å²) in [6.45, 7) is 16.0. The zero-order valence-corrected chi connectivity index (χ0v) is 21.5. The summed E-state index contributed by atoms with van der Waals surface area (Å²) < 4.78 is 19.2. The van der Waals surface area contributed by atoms with E-state index in [1.807, 2.05) is 0 Å². The molecule has 0 bridgehead atoms. The van der Waals surface area contributed by atoms with Crippen LogP contribution in [0.5, 0.6) is 5.75 Å². The summed E-state index contributed by atoms with van der Waals surface area (Å²) in [5.74, 6) is 2.28. The molecule has 1 N–H and O–H groups in total. The summed E-state index contributed by atoms with van der Waals surface area (Å²) >= 11 is 0. The van der Waals surface area contributed by atoms with Gasteiger partial charge in [-0.05, 0) is 58.1 Å². The Morgan fingerprint density at radius 2 is 1.58 bits per heavy atom. The van der Waals surface area contributed by atoms with Crippen molar-refractivity contribution in [1.82, 2.24) is 4.98 Å². The van der Waals surface area contributed by atoms with E-state index in [9.17, 15) is 0 Å². The second-order valence-corrected chi connectivity index (χ2v) is 11.3. The smallest absolute Gasteiger partial charge is 0.494 e. The van der Waals surface area contributed by atoms with Crippen LogP contribution >= 0.6 is 0 Å². The number of H-pyrrole nitrogens is 1. The maximum Gasteiger partial charge on any atom is 0.498 e. The number of nitrogens with one attached hydrogen (secondary N) is 1. The van der Waals surface area contributed by atoms with E-state index in [4.69, 9.17) is 14.0 Å². The molecule has 5 heteroatoms. The largest absolute Gasteiger partial charge is 0.498 e. The van der Waals surface area contributed by atoms with Crippen molar-refractivity contribution in [3.8, 4) is 5.75 Å². The van der Waals surface area contributed by atoms with Crippen LogP contribution in [-0.2, 0) is 9.31 Å². The van der Waals surface area contributed by atoms with Gasteiger partial charge in [0, 0.05) is 27.8 Å². The number of fused-ring (bicyclic) bond motifs is 3. The Hall–Kier alpha value is -1.98. The number of hydrogen-bond acceptors (Lipinski definition) is 3. The monoisotopic (exact) mass is 449 g/mol. The molecule has 0 aliphatic carbocycles. The Kier molecular flexibility index (Phi) is 6.84. The summed E-state index contributed by atoms with van der Waals surface area (Å²) in [5, 5.41) is 2.38. The van der Waals surface area contributed by atoms with Crippen molar-refractivity contribution in [3.63, 3.8) is 0 Å². The lowest BCUT2D eigenvalue weighted by Gasteiger charge is -2.32. The number of benzene rings is 2. The standard InChI is InChI=1S/C28H40BNO3/c1-19(2)11-10-12-20(3)15-16-31-26-18-25-22(21-13-8-9-14-24(21)30-25)17-23(26)29-32-27(4,5)28(6,7)33-29/h8-9,13-14,17-20,30H,10-12,15-16H2,1-7H3. The highest BCUT2D eigenvalue weighted by atomic mass is 16.7. The van der Waals surface area contributed by atoms with Gasteiger partial charge in [-0.15, -0.1) is 0 Å². The maximum absolute atomic E-state index is 6.42. The first kappa shape index (κ1) is 24.2. The third-order valence-corrected chi connectivity index (χ3v) is 7.49. The summed E-state index contributed by atoms with van der Waals surface area (Å²) in [4.78, 5) is 3.54. The van der Waals surface area contributed by atoms with E-state index in [1.54, 1.807) is 0 Å². The van der Waals surface area contributed by atoms with Crippen LogP contribution in [0.2, 0.25) is 0 Å². The molecule has 0 amide bonds. The average Bonchev–Trinajstić information content (AvgIpc) is 3.19. The molecule has 3 aromatic rings. The van der Waals surface area contributed by atoms with Gasteiger partial charge in [0.1, 0.15) is 5.75 Å². The normalized spacial score (nSPS) is 18.5. The minimum atomic E-state index is -0.452. The van der Waals surface area contributed by atoms with Crippen LogP contribution in [0, 0.1) is 11.8 Å². The molecule has 1 saturated heterocycles. The fourth-order valence-corrected chi connectivity index (χ4v) is 4.56. The van der Waals surface area contributed by atoms with Crippen molar-refractivity contribution in [2.45, 2.75) is 85.4 Å².